The molecule has 1 aromatic carbocycles. The summed E-state index contributed by atoms with van der Waals surface area (Å²) >= 11 is 0. The summed E-state index contributed by atoms with van der Waals surface area (Å²) in [4.78, 5) is 12.1. The van der Waals surface area contributed by atoms with Gasteiger partial charge in [-0.2, -0.15) is 0 Å². The Kier molecular flexibility index (Phi) is 5.43. The molecule has 6 nitrogen and oxygen atoms in total. The summed E-state index contributed by atoms with van der Waals surface area (Å²) in [5.74, 6) is 1.83. The van der Waals surface area contributed by atoms with E-state index in [9.17, 15) is 4.79 Å². The van der Waals surface area contributed by atoms with Gasteiger partial charge in [0, 0.05) is 6.07 Å². The minimum Gasteiger partial charge on any atom is -0.497 e. The zero-order valence-corrected chi connectivity index (χ0v) is 12.9. The fraction of sp³-hybridized carbons (Fsp3) is 0.312. The molecule has 6 heteroatoms. The highest BCUT2D eigenvalue weighted by molar-refractivity contribution is 5.94. The van der Waals surface area contributed by atoms with Gasteiger partial charge < -0.3 is 19.2 Å². The van der Waals surface area contributed by atoms with Crippen LogP contribution in [0.5, 0.6) is 11.5 Å². The maximum Gasteiger partial charge on any atom is 0.238 e. The summed E-state index contributed by atoms with van der Waals surface area (Å²) in [5, 5.41) is 5.89. The molecular formula is C16H20N2O4. The van der Waals surface area contributed by atoms with Crippen molar-refractivity contribution >= 4 is 11.6 Å². The molecule has 1 heterocycles. The summed E-state index contributed by atoms with van der Waals surface area (Å²) in [6, 6.07) is 8.86. The van der Waals surface area contributed by atoms with Gasteiger partial charge in [0.15, 0.2) is 0 Å². The first-order valence-electron chi connectivity index (χ1n) is 6.92. The highest BCUT2D eigenvalue weighted by Gasteiger charge is 2.12. The molecule has 0 radical (unpaired) electrons. The van der Waals surface area contributed by atoms with Crippen molar-refractivity contribution in [2.24, 2.45) is 0 Å². The second-order valence-electron chi connectivity index (χ2n) is 4.73. The fourth-order valence-electron chi connectivity index (χ4n) is 1.99. The van der Waals surface area contributed by atoms with E-state index in [0.29, 0.717) is 17.2 Å². The quantitative estimate of drug-likeness (QED) is 0.822. The predicted octanol–water partition coefficient (Wildman–Crippen LogP) is 2.59. The van der Waals surface area contributed by atoms with Crippen LogP contribution < -0.4 is 20.1 Å². The van der Waals surface area contributed by atoms with E-state index in [2.05, 4.69) is 10.6 Å². The lowest BCUT2D eigenvalue weighted by Crippen LogP contribution is -2.30. The van der Waals surface area contributed by atoms with E-state index in [-0.39, 0.29) is 18.5 Å². The molecular weight excluding hydrogens is 284 g/mol. The Morgan fingerprint density at radius 3 is 2.73 bits per heavy atom. The first-order valence-corrected chi connectivity index (χ1v) is 6.92. The molecule has 0 aliphatic heterocycles. The van der Waals surface area contributed by atoms with E-state index in [1.54, 1.807) is 38.7 Å². The first-order chi connectivity index (χ1) is 10.6. The van der Waals surface area contributed by atoms with E-state index >= 15 is 0 Å². The maximum absolute atomic E-state index is 12.1. The number of hydrogen-bond acceptors (Lipinski definition) is 5. The van der Waals surface area contributed by atoms with Crippen LogP contribution in [0.15, 0.2) is 41.0 Å². The normalized spacial score (nSPS) is 11.8. The number of methoxy groups -OCH3 is 2. The fourth-order valence-corrected chi connectivity index (χ4v) is 1.99. The van der Waals surface area contributed by atoms with Crippen LogP contribution in [0.3, 0.4) is 0 Å². The lowest BCUT2D eigenvalue weighted by molar-refractivity contribution is -0.115. The number of anilines is 1. The van der Waals surface area contributed by atoms with Crippen LogP contribution in [-0.4, -0.2) is 26.7 Å². The van der Waals surface area contributed by atoms with Gasteiger partial charge in [0.25, 0.3) is 0 Å². The molecule has 2 aromatic rings. The van der Waals surface area contributed by atoms with Crippen molar-refractivity contribution in [1.29, 1.82) is 0 Å². The van der Waals surface area contributed by atoms with Crippen LogP contribution >= 0.6 is 0 Å². The van der Waals surface area contributed by atoms with Gasteiger partial charge >= 0.3 is 0 Å². The highest BCUT2D eigenvalue weighted by Crippen LogP contribution is 2.28. The van der Waals surface area contributed by atoms with Gasteiger partial charge in [0.05, 0.1) is 38.8 Å². The Hall–Kier alpha value is -2.47. The Balaban J connectivity index is 1.94. The van der Waals surface area contributed by atoms with Crippen LogP contribution in [0.1, 0.15) is 18.7 Å². The summed E-state index contributed by atoms with van der Waals surface area (Å²) in [7, 11) is 3.12. The minimum atomic E-state index is -0.176. The molecule has 0 saturated carbocycles. The lowest BCUT2D eigenvalue weighted by Gasteiger charge is -2.14. The predicted molar refractivity (Wildman–Crippen MR) is 83.3 cm³/mol. The second-order valence-corrected chi connectivity index (χ2v) is 4.73. The SMILES string of the molecule is COc1ccc(OC)c(NC(=O)CN[C@H](C)c2ccco2)c1. The molecule has 1 aromatic heterocycles. The topological polar surface area (TPSA) is 72.7 Å². The van der Waals surface area contributed by atoms with E-state index in [1.807, 2.05) is 19.1 Å². The lowest BCUT2D eigenvalue weighted by atomic mass is 10.2. The molecule has 1 amide bonds. The molecule has 0 aliphatic carbocycles. The molecule has 2 rings (SSSR count). The number of nitrogens with one attached hydrogen (secondary N) is 2. The number of amides is 1. The monoisotopic (exact) mass is 304 g/mol. The Morgan fingerprint density at radius 2 is 2.09 bits per heavy atom. The van der Waals surface area contributed by atoms with Gasteiger partial charge in [-0.05, 0) is 31.2 Å². The van der Waals surface area contributed by atoms with E-state index in [1.165, 1.54) is 0 Å². The van der Waals surface area contributed by atoms with Crippen molar-refractivity contribution in [2.75, 3.05) is 26.1 Å². The van der Waals surface area contributed by atoms with Crippen molar-refractivity contribution < 1.29 is 18.7 Å². The Morgan fingerprint density at radius 1 is 1.27 bits per heavy atom. The van der Waals surface area contributed by atoms with E-state index in [0.717, 1.165) is 5.76 Å². The molecule has 1 atom stereocenters. The maximum atomic E-state index is 12.1. The largest absolute Gasteiger partial charge is 0.497 e. The van der Waals surface area contributed by atoms with Crippen LogP contribution in [-0.2, 0) is 4.79 Å². The van der Waals surface area contributed by atoms with Crippen molar-refractivity contribution in [3.63, 3.8) is 0 Å². The summed E-state index contributed by atoms with van der Waals surface area (Å²) in [6.45, 7) is 2.08. The molecule has 0 fully saturated rings. The van der Waals surface area contributed by atoms with Crippen molar-refractivity contribution in [3.05, 3.63) is 42.4 Å². The van der Waals surface area contributed by atoms with Gasteiger partial charge in [-0.15, -0.1) is 0 Å². The number of carbonyl (C=O) groups is 1. The standard InChI is InChI=1S/C16H20N2O4/c1-11(14-5-4-8-22-14)17-10-16(19)18-13-9-12(20-2)6-7-15(13)21-3/h4-9,11,17H,10H2,1-3H3,(H,18,19)/t11-/m1/s1. The zero-order chi connectivity index (χ0) is 15.9. The summed E-state index contributed by atoms with van der Waals surface area (Å²) in [5.41, 5.74) is 0.569. The molecule has 0 saturated heterocycles. The number of ether oxygens (including phenoxy) is 2. The van der Waals surface area contributed by atoms with Crippen LogP contribution in [0.2, 0.25) is 0 Å². The van der Waals surface area contributed by atoms with Crippen LogP contribution in [0.4, 0.5) is 5.69 Å². The molecule has 22 heavy (non-hydrogen) atoms. The molecule has 2 N–H and O–H groups in total. The van der Waals surface area contributed by atoms with Crippen molar-refractivity contribution in [3.8, 4) is 11.5 Å². The van der Waals surface area contributed by atoms with Gasteiger partial charge in [0.1, 0.15) is 17.3 Å². The number of rotatable bonds is 7. The summed E-state index contributed by atoms with van der Waals surface area (Å²) < 4.78 is 15.7. The molecule has 0 bridgehead atoms. The minimum absolute atomic E-state index is 0.0482. The van der Waals surface area contributed by atoms with E-state index in [4.69, 9.17) is 13.9 Å². The average Bonchev–Trinajstić information content (AvgIpc) is 3.07. The Labute approximate surface area is 129 Å². The third-order valence-electron chi connectivity index (χ3n) is 3.22. The van der Waals surface area contributed by atoms with Gasteiger partial charge in [-0.1, -0.05) is 0 Å². The van der Waals surface area contributed by atoms with Crippen LogP contribution in [0, 0.1) is 0 Å². The van der Waals surface area contributed by atoms with Gasteiger partial charge in [-0.3, -0.25) is 10.1 Å². The van der Waals surface area contributed by atoms with Crippen molar-refractivity contribution in [2.45, 2.75) is 13.0 Å². The van der Waals surface area contributed by atoms with Crippen molar-refractivity contribution in [1.82, 2.24) is 5.32 Å². The molecule has 0 aliphatic rings. The number of carbonyl (C=O) groups excluding carboxylic acids is 1. The smallest absolute Gasteiger partial charge is 0.238 e. The van der Waals surface area contributed by atoms with Crippen LogP contribution in [0.25, 0.3) is 0 Å². The molecule has 0 spiro atoms. The number of benzene rings is 1. The van der Waals surface area contributed by atoms with Gasteiger partial charge in [0.2, 0.25) is 5.91 Å². The van der Waals surface area contributed by atoms with E-state index < -0.39 is 0 Å². The third kappa shape index (κ3) is 4.02. The molecule has 118 valence electrons. The Bertz CT molecular complexity index is 611. The van der Waals surface area contributed by atoms with Gasteiger partial charge in [-0.25, -0.2) is 0 Å². The number of furan rings is 1. The zero-order valence-electron chi connectivity index (χ0n) is 12.9. The average molecular weight is 304 g/mol. The number of hydrogen-bond donors (Lipinski definition) is 2. The second kappa shape index (κ2) is 7.51. The molecule has 0 unspecified atom stereocenters. The first kappa shape index (κ1) is 15.9. The summed E-state index contributed by atoms with van der Waals surface area (Å²) in [6.07, 6.45) is 1.61. The third-order valence-corrected chi connectivity index (χ3v) is 3.22. The highest BCUT2D eigenvalue weighted by atomic mass is 16.5.